The number of benzene rings is 1. The van der Waals surface area contributed by atoms with Gasteiger partial charge in [0.15, 0.2) is 0 Å². The first kappa shape index (κ1) is 13.7. The Morgan fingerprint density at radius 1 is 1.41 bits per heavy atom. The van der Waals surface area contributed by atoms with E-state index in [1.165, 1.54) is 0 Å². The Kier molecular flexibility index (Phi) is 5.16. The van der Waals surface area contributed by atoms with Crippen LogP contribution < -0.4 is 4.72 Å². The third kappa shape index (κ3) is 6.07. The summed E-state index contributed by atoms with van der Waals surface area (Å²) >= 11 is 0. The number of sulfonamides is 1. The van der Waals surface area contributed by atoms with Gasteiger partial charge in [0.1, 0.15) is 0 Å². The second-order valence-corrected chi connectivity index (χ2v) is 5.40. The number of hydrogen-bond acceptors (Lipinski definition) is 3. The lowest BCUT2D eigenvalue weighted by Gasteiger charge is -2.02. The second-order valence-electron chi connectivity index (χ2n) is 3.57. The minimum Gasteiger partial charge on any atom is -0.395 e. The van der Waals surface area contributed by atoms with Crippen molar-refractivity contribution >= 4 is 10.0 Å². The smallest absolute Gasteiger partial charge is 0.209 e. The lowest BCUT2D eigenvalue weighted by molar-refractivity contribution is 0.305. The monoisotopic (exact) mass is 253 g/mol. The average molecular weight is 253 g/mol. The lowest BCUT2D eigenvalue weighted by Crippen LogP contribution is -2.21. The molecule has 0 bridgehead atoms. The summed E-state index contributed by atoms with van der Waals surface area (Å²) in [7, 11) is -3.18. The molecule has 17 heavy (non-hydrogen) atoms. The molecular formula is C12H15NO3S. The maximum absolute atomic E-state index is 10.9. The van der Waals surface area contributed by atoms with Crippen LogP contribution >= 0.6 is 0 Å². The molecule has 0 radical (unpaired) electrons. The molecule has 0 aromatic heterocycles. The summed E-state index contributed by atoms with van der Waals surface area (Å²) < 4.78 is 24.3. The van der Waals surface area contributed by atoms with Crippen molar-refractivity contribution in [3.63, 3.8) is 0 Å². The third-order valence-electron chi connectivity index (χ3n) is 1.93. The van der Waals surface area contributed by atoms with E-state index >= 15 is 0 Å². The molecule has 0 heterocycles. The zero-order valence-electron chi connectivity index (χ0n) is 9.60. The van der Waals surface area contributed by atoms with E-state index in [0.717, 1.165) is 17.4 Å². The van der Waals surface area contributed by atoms with Crippen molar-refractivity contribution in [1.29, 1.82) is 0 Å². The van der Waals surface area contributed by atoms with Crippen LogP contribution in [0, 0.1) is 11.8 Å². The van der Waals surface area contributed by atoms with E-state index in [1.807, 2.05) is 24.3 Å². The standard InChI is InChI=1S/C12H15NO3S/c1-17(15,16)13-10-12-7-4-6-11(9-12)5-2-3-8-14/h4,6-7,9,13-14H,3,8,10H2,1H3. The topological polar surface area (TPSA) is 66.4 Å². The predicted octanol–water partition coefficient (Wildman–Crippen LogP) is 0.470. The maximum Gasteiger partial charge on any atom is 0.209 e. The zero-order valence-corrected chi connectivity index (χ0v) is 10.4. The summed E-state index contributed by atoms with van der Waals surface area (Å²) in [5.74, 6) is 5.71. The Bertz CT molecular complexity index is 526. The van der Waals surface area contributed by atoms with Gasteiger partial charge in [-0.05, 0) is 17.7 Å². The Labute approximate surface area is 102 Å². The normalized spacial score (nSPS) is 10.7. The largest absolute Gasteiger partial charge is 0.395 e. The van der Waals surface area contributed by atoms with E-state index in [9.17, 15) is 8.42 Å². The highest BCUT2D eigenvalue weighted by molar-refractivity contribution is 7.88. The van der Waals surface area contributed by atoms with Crippen molar-refractivity contribution in [2.75, 3.05) is 12.9 Å². The number of aliphatic hydroxyl groups is 1. The number of hydrogen-bond donors (Lipinski definition) is 2. The Balaban J connectivity index is 2.70. The van der Waals surface area contributed by atoms with Gasteiger partial charge in [0.2, 0.25) is 10.0 Å². The molecule has 1 aromatic carbocycles. The van der Waals surface area contributed by atoms with Gasteiger partial charge in [0.05, 0.1) is 12.9 Å². The van der Waals surface area contributed by atoms with Gasteiger partial charge in [0.25, 0.3) is 0 Å². The van der Waals surface area contributed by atoms with Crippen molar-refractivity contribution in [3.8, 4) is 11.8 Å². The van der Waals surface area contributed by atoms with Gasteiger partial charge in [0, 0.05) is 18.5 Å². The van der Waals surface area contributed by atoms with Crippen LogP contribution in [-0.4, -0.2) is 26.4 Å². The molecule has 0 aliphatic carbocycles. The quantitative estimate of drug-likeness (QED) is 0.767. The minimum absolute atomic E-state index is 0.0440. The number of nitrogens with one attached hydrogen (secondary N) is 1. The van der Waals surface area contributed by atoms with Crippen LogP contribution in [0.1, 0.15) is 17.5 Å². The third-order valence-corrected chi connectivity index (χ3v) is 2.60. The summed E-state index contributed by atoms with van der Waals surface area (Å²) in [6.07, 6.45) is 1.56. The van der Waals surface area contributed by atoms with Crippen LogP contribution in [-0.2, 0) is 16.6 Å². The number of aliphatic hydroxyl groups excluding tert-OH is 1. The molecule has 1 aromatic rings. The highest BCUT2D eigenvalue weighted by atomic mass is 32.2. The maximum atomic E-state index is 10.9. The lowest BCUT2D eigenvalue weighted by atomic mass is 10.1. The van der Waals surface area contributed by atoms with E-state index in [4.69, 9.17) is 5.11 Å². The second kappa shape index (κ2) is 6.40. The molecular weight excluding hydrogens is 238 g/mol. The van der Waals surface area contributed by atoms with Crippen LogP contribution in [0.4, 0.5) is 0 Å². The number of rotatable bonds is 4. The van der Waals surface area contributed by atoms with Crippen LogP contribution in [0.15, 0.2) is 24.3 Å². The summed E-state index contributed by atoms with van der Waals surface area (Å²) in [4.78, 5) is 0. The molecule has 5 heteroatoms. The van der Waals surface area contributed by atoms with Crippen LogP contribution in [0.2, 0.25) is 0 Å². The summed E-state index contributed by atoms with van der Waals surface area (Å²) in [5.41, 5.74) is 1.66. The Morgan fingerprint density at radius 2 is 2.18 bits per heavy atom. The Hall–Kier alpha value is -1.35. The summed E-state index contributed by atoms with van der Waals surface area (Å²) in [5, 5.41) is 8.59. The van der Waals surface area contributed by atoms with Crippen molar-refractivity contribution in [3.05, 3.63) is 35.4 Å². The molecule has 0 saturated carbocycles. The van der Waals surface area contributed by atoms with Crippen molar-refractivity contribution in [1.82, 2.24) is 4.72 Å². The SMILES string of the molecule is CS(=O)(=O)NCc1cccc(C#CCCO)c1. The van der Waals surface area contributed by atoms with E-state index in [0.29, 0.717) is 6.42 Å². The summed E-state index contributed by atoms with van der Waals surface area (Å²) in [6, 6.07) is 7.31. The molecule has 0 saturated heterocycles. The highest BCUT2D eigenvalue weighted by Crippen LogP contribution is 2.04. The van der Waals surface area contributed by atoms with E-state index in [1.54, 1.807) is 0 Å². The van der Waals surface area contributed by atoms with Crippen molar-refractivity contribution in [2.24, 2.45) is 0 Å². The average Bonchev–Trinajstić information content (AvgIpc) is 2.27. The highest BCUT2D eigenvalue weighted by Gasteiger charge is 2.00. The molecule has 2 N–H and O–H groups in total. The van der Waals surface area contributed by atoms with Gasteiger partial charge in [-0.2, -0.15) is 0 Å². The molecule has 92 valence electrons. The molecule has 0 amide bonds. The van der Waals surface area contributed by atoms with E-state index in [-0.39, 0.29) is 13.2 Å². The molecule has 1 rings (SSSR count). The van der Waals surface area contributed by atoms with Crippen LogP contribution in [0.5, 0.6) is 0 Å². The predicted molar refractivity (Wildman–Crippen MR) is 66.7 cm³/mol. The molecule has 0 aliphatic rings. The van der Waals surface area contributed by atoms with Gasteiger partial charge < -0.3 is 5.11 Å². The van der Waals surface area contributed by atoms with E-state index in [2.05, 4.69) is 16.6 Å². The summed E-state index contributed by atoms with van der Waals surface area (Å²) in [6.45, 7) is 0.302. The van der Waals surface area contributed by atoms with Gasteiger partial charge in [-0.1, -0.05) is 24.0 Å². The molecule has 0 spiro atoms. The first-order valence-corrected chi connectivity index (χ1v) is 7.04. The van der Waals surface area contributed by atoms with Crippen molar-refractivity contribution in [2.45, 2.75) is 13.0 Å². The Morgan fingerprint density at radius 3 is 2.82 bits per heavy atom. The fourth-order valence-electron chi connectivity index (χ4n) is 1.19. The van der Waals surface area contributed by atoms with Gasteiger partial charge >= 0.3 is 0 Å². The molecule has 0 fully saturated rings. The zero-order chi connectivity index (χ0) is 12.7. The molecule has 4 nitrogen and oxygen atoms in total. The van der Waals surface area contributed by atoms with Gasteiger partial charge in [-0.15, -0.1) is 0 Å². The molecule has 0 atom stereocenters. The van der Waals surface area contributed by atoms with Crippen LogP contribution in [0.3, 0.4) is 0 Å². The first-order valence-electron chi connectivity index (χ1n) is 5.14. The fourth-order valence-corrected chi connectivity index (χ4v) is 1.62. The van der Waals surface area contributed by atoms with E-state index < -0.39 is 10.0 Å². The van der Waals surface area contributed by atoms with Gasteiger partial charge in [-0.25, -0.2) is 13.1 Å². The fraction of sp³-hybridized carbons (Fsp3) is 0.333. The molecule has 0 unspecified atom stereocenters. The first-order chi connectivity index (χ1) is 8.01. The van der Waals surface area contributed by atoms with Gasteiger partial charge in [-0.3, -0.25) is 0 Å². The van der Waals surface area contributed by atoms with Crippen molar-refractivity contribution < 1.29 is 13.5 Å². The minimum atomic E-state index is -3.18. The van der Waals surface area contributed by atoms with Crippen LogP contribution in [0.25, 0.3) is 0 Å². The molecule has 0 aliphatic heterocycles.